The van der Waals surface area contributed by atoms with Gasteiger partial charge >= 0.3 is 0 Å². The zero-order valence-electron chi connectivity index (χ0n) is 16.2. The lowest BCUT2D eigenvalue weighted by atomic mass is 9.45. The minimum Gasteiger partial charge on any atom is -0.299 e. The second kappa shape index (κ2) is 6.44. The first-order valence-corrected chi connectivity index (χ1v) is 11.1. The summed E-state index contributed by atoms with van der Waals surface area (Å²) in [5.41, 5.74) is 0.0328. The number of hydrogen-bond donors (Lipinski definition) is 0. The molecule has 0 saturated heterocycles. The Kier molecular flexibility index (Phi) is 4.59. The summed E-state index contributed by atoms with van der Waals surface area (Å²) in [5, 5.41) is 0. The lowest BCUT2D eigenvalue weighted by Gasteiger charge is -2.59. The van der Waals surface area contributed by atoms with Crippen LogP contribution >= 0.6 is 0 Å². The highest BCUT2D eigenvalue weighted by atomic mass is 16.1. The van der Waals surface area contributed by atoms with E-state index in [1.807, 2.05) is 0 Å². The highest BCUT2D eigenvalue weighted by molar-refractivity contribution is 5.85. The molecule has 0 aromatic rings. The van der Waals surface area contributed by atoms with Gasteiger partial charge in [-0.2, -0.15) is 0 Å². The Hall–Kier alpha value is -0.330. The molecule has 0 radical (unpaired) electrons. The van der Waals surface area contributed by atoms with Crippen LogP contribution in [0.3, 0.4) is 0 Å². The van der Waals surface area contributed by atoms with E-state index < -0.39 is 0 Å². The average Bonchev–Trinajstić information content (AvgIpc) is 2.58. The fourth-order valence-electron chi connectivity index (χ4n) is 8.07. The van der Waals surface area contributed by atoms with E-state index in [1.165, 1.54) is 57.8 Å². The number of carbonyl (C=O) groups is 1. The van der Waals surface area contributed by atoms with Crippen LogP contribution in [0.1, 0.15) is 91.4 Å². The first-order valence-electron chi connectivity index (χ1n) is 11.1. The number of ketones is 1. The molecule has 24 heavy (non-hydrogen) atoms. The van der Waals surface area contributed by atoms with Gasteiger partial charge in [0, 0.05) is 11.8 Å². The molecule has 0 heterocycles. The van der Waals surface area contributed by atoms with Gasteiger partial charge in [0.05, 0.1) is 0 Å². The van der Waals surface area contributed by atoms with Crippen molar-refractivity contribution in [1.29, 1.82) is 0 Å². The molecular weight excluding hydrogens is 292 g/mol. The zero-order valence-corrected chi connectivity index (χ0v) is 16.2. The van der Waals surface area contributed by atoms with Gasteiger partial charge in [-0.15, -0.1) is 0 Å². The highest BCUT2D eigenvalue weighted by Gasteiger charge is 2.57. The predicted octanol–water partition coefficient (Wildman–Crippen LogP) is 6.26. The van der Waals surface area contributed by atoms with E-state index >= 15 is 0 Å². The summed E-state index contributed by atoms with van der Waals surface area (Å²) in [6.45, 7) is 7.16. The molecule has 1 heteroatoms. The van der Waals surface area contributed by atoms with E-state index in [-0.39, 0.29) is 5.41 Å². The highest BCUT2D eigenvalue weighted by Crippen LogP contribution is 2.62. The quantitative estimate of drug-likeness (QED) is 0.584. The van der Waals surface area contributed by atoms with Gasteiger partial charge in [0.2, 0.25) is 0 Å². The van der Waals surface area contributed by atoms with Crippen LogP contribution in [0.4, 0.5) is 0 Å². The average molecular weight is 331 g/mol. The van der Waals surface area contributed by atoms with Gasteiger partial charge in [-0.05, 0) is 86.4 Å². The molecule has 0 aromatic carbocycles. The van der Waals surface area contributed by atoms with Crippen molar-refractivity contribution in [2.45, 2.75) is 91.4 Å². The molecule has 4 aliphatic rings. The van der Waals surface area contributed by atoms with Gasteiger partial charge < -0.3 is 0 Å². The van der Waals surface area contributed by atoms with Gasteiger partial charge in [0.15, 0.2) is 0 Å². The predicted molar refractivity (Wildman–Crippen MR) is 99.7 cm³/mol. The van der Waals surface area contributed by atoms with Crippen LogP contribution < -0.4 is 0 Å². The standard InChI is InChI=1S/C23H38O/c1-4-5-16-7-9-18-17(14-16)8-10-20-19(18)12-13-23(3)21(24)11-6-15(2)22(20)23/h15-20,22H,4-14H2,1-3H3. The van der Waals surface area contributed by atoms with Gasteiger partial charge in [-0.3, -0.25) is 4.79 Å². The number of Topliss-reactive ketones (excluding diaryl/α,β-unsaturated/α-hetero) is 1. The summed E-state index contributed by atoms with van der Waals surface area (Å²) in [6.07, 6.45) is 14.8. The monoisotopic (exact) mass is 330 g/mol. The van der Waals surface area contributed by atoms with Crippen molar-refractivity contribution in [3.05, 3.63) is 0 Å². The van der Waals surface area contributed by atoms with E-state index in [1.54, 1.807) is 0 Å². The molecule has 0 aliphatic heterocycles. The van der Waals surface area contributed by atoms with E-state index in [9.17, 15) is 4.79 Å². The Labute approximate surface area is 149 Å². The number of carbonyl (C=O) groups excluding carboxylic acids is 1. The molecule has 0 N–H and O–H groups in total. The molecule has 4 aliphatic carbocycles. The maximum atomic E-state index is 12.8. The molecule has 8 atom stereocenters. The molecule has 4 fully saturated rings. The Bertz CT molecular complexity index is 482. The molecule has 8 unspecified atom stereocenters. The summed E-state index contributed by atoms with van der Waals surface area (Å²) >= 11 is 0. The van der Waals surface area contributed by atoms with Gasteiger partial charge in [0.1, 0.15) is 5.78 Å². The van der Waals surface area contributed by atoms with Crippen molar-refractivity contribution in [3.63, 3.8) is 0 Å². The van der Waals surface area contributed by atoms with Gasteiger partial charge in [-0.1, -0.05) is 40.0 Å². The van der Waals surface area contributed by atoms with Crippen LogP contribution in [0.2, 0.25) is 0 Å². The molecule has 4 rings (SSSR count). The summed E-state index contributed by atoms with van der Waals surface area (Å²) in [7, 11) is 0. The molecule has 0 amide bonds. The Balaban J connectivity index is 1.54. The Morgan fingerprint density at radius 1 is 1.00 bits per heavy atom. The van der Waals surface area contributed by atoms with Crippen LogP contribution in [-0.2, 0) is 4.79 Å². The van der Waals surface area contributed by atoms with Crippen LogP contribution in [0.5, 0.6) is 0 Å². The lowest BCUT2D eigenvalue weighted by molar-refractivity contribution is -0.153. The third-order valence-corrected chi connectivity index (χ3v) is 9.09. The SMILES string of the molecule is CCCC1CCC2C(CCC3C2CCC2(C)C(=O)CCC(C)C32)C1. The first kappa shape index (κ1) is 17.1. The maximum absolute atomic E-state index is 12.8. The van der Waals surface area contributed by atoms with Crippen LogP contribution in [0.15, 0.2) is 0 Å². The second-order valence-electron chi connectivity index (χ2n) is 10.2. The van der Waals surface area contributed by atoms with Crippen LogP contribution in [0.25, 0.3) is 0 Å². The van der Waals surface area contributed by atoms with Crippen molar-refractivity contribution in [2.75, 3.05) is 0 Å². The normalized spacial score (nSPS) is 51.5. The molecule has 0 aromatic heterocycles. The van der Waals surface area contributed by atoms with Crippen molar-refractivity contribution >= 4 is 5.78 Å². The lowest BCUT2D eigenvalue weighted by Crippen LogP contribution is -2.55. The van der Waals surface area contributed by atoms with Crippen LogP contribution in [-0.4, -0.2) is 5.78 Å². The van der Waals surface area contributed by atoms with Crippen molar-refractivity contribution in [3.8, 4) is 0 Å². The molecule has 1 nitrogen and oxygen atoms in total. The molecule has 0 bridgehead atoms. The third kappa shape index (κ3) is 2.60. The summed E-state index contributed by atoms with van der Waals surface area (Å²) in [5.74, 6) is 6.96. The van der Waals surface area contributed by atoms with Crippen LogP contribution in [0, 0.1) is 46.8 Å². The second-order valence-corrected chi connectivity index (χ2v) is 10.2. The molecular formula is C23H38O. The van der Waals surface area contributed by atoms with Gasteiger partial charge in [0.25, 0.3) is 0 Å². The van der Waals surface area contributed by atoms with E-state index in [2.05, 4.69) is 20.8 Å². The summed E-state index contributed by atoms with van der Waals surface area (Å²) < 4.78 is 0. The molecule has 0 spiro atoms. The summed E-state index contributed by atoms with van der Waals surface area (Å²) in [4.78, 5) is 12.8. The smallest absolute Gasteiger partial charge is 0.139 e. The number of rotatable bonds is 2. The first-order chi connectivity index (χ1) is 11.5. The van der Waals surface area contributed by atoms with Crippen molar-refractivity contribution in [1.82, 2.24) is 0 Å². The van der Waals surface area contributed by atoms with E-state index in [0.29, 0.717) is 11.7 Å². The topological polar surface area (TPSA) is 17.1 Å². The fourth-order valence-corrected chi connectivity index (χ4v) is 8.07. The van der Waals surface area contributed by atoms with E-state index in [4.69, 9.17) is 0 Å². The zero-order chi connectivity index (χ0) is 16.9. The largest absolute Gasteiger partial charge is 0.299 e. The number of fused-ring (bicyclic) bond motifs is 5. The number of hydrogen-bond acceptors (Lipinski definition) is 1. The Morgan fingerprint density at radius 2 is 1.79 bits per heavy atom. The van der Waals surface area contributed by atoms with Crippen molar-refractivity contribution < 1.29 is 4.79 Å². The summed E-state index contributed by atoms with van der Waals surface area (Å²) in [6, 6.07) is 0. The van der Waals surface area contributed by atoms with Crippen molar-refractivity contribution in [2.24, 2.45) is 46.8 Å². The molecule has 136 valence electrons. The maximum Gasteiger partial charge on any atom is 0.139 e. The third-order valence-electron chi connectivity index (χ3n) is 9.09. The van der Waals surface area contributed by atoms with Gasteiger partial charge in [-0.25, -0.2) is 0 Å². The molecule has 4 saturated carbocycles. The van der Waals surface area contributed by atoms with E-state index in [0.717, 1.165) is 48.3 Å². The fraction of sp³-hybridized carbons (Fsp3) is 0.957. The minimum atomic E-state index is 0.0328. The Morgan fingerprint density at radius 3 is 2.58 bits per heavy atom. The minimum absolute atomic E-state index is 0.0328.